The standard InChI is InChI=1S/C51H59Cl2N7O6S/c1-51(2)17-15-36(45(26-51)34-5-7-37(52)8-6-34)29-58-19-21-59(22-20-58)40-13-14-44(47(24-40)66-42-23-35-16-18-54-48(35)55-27-42)49(61)57-67(62,63)43-25-46(53)50(56-28-43)65-30-33-3-9-38(10-4-33)60(39-11-12-39)41-31-64-32-41/h5-8,13-14,16,18,23-25,27-28,33,38-39,41H,3-4,9-12,15,17,19-22,26,29-32H2,1-2H3,(H,54,55)(H,57,61). The predicted molar refractivity (Wildman–Crippen MR) is 262 cm³/mol. The Morgan fingerprint density at radius 2 is 1.66 bits per heavy atom. The highest BCUT2D eigenvalue weighted by Crippen LogP contribution is 2.44. The number of pyridine rings is 2. The van der Waals surface area contributed by atoms with Crippen LogP contribution in [0.1, 0.15) is 87.6 Å². The second-order valence-electron chi connectivity index (χ2n) is 19.8. The van der Waals surface area contributed by atoms with Gasteiger partial charge in [0, 0.05) is 73.2 Å². The number of amides is 1. The highest BCUT2D eigenvalue weighted by Gasteiger charge is 2.42. The fourth-order valence-electron chi connectivity index (χ4n) is 10.3. The number of nitrogens with zero attached hydrogens (tertiary/aromatic N) is 5. The van der Waals surface area contributed by atoms with E-state index in [1.807, 2.05) is 30.3 Å². The van der Waals surface area contributed by atoms with Gasteiger partial charge in [-0.1, -0.05) is 54.8 Å². The van der Waals surface area contributed by atoms with Crippen molar-refractivity contribution in [2.24, 2.45) is 11.3 Å². The molecule has 3 aromatic heterocycles. The molecule has 0 unspecified atom stereocenters. The minimum atomic E-state index is -4.41. The van der Waals surface area contributed by atoms with E-state index in [1.165, 1.54) is 41.8 Å². The molecule has 2 aliphatic heterocycles. The Kier molecular flexibility index (Phi) is 13.3. The van der Waals surface area contributed by atoms with Crippen molar-refractivity contribution >= 4 is 61.4 Å². The Hall–Kier alpha value is -4.70. The molecule has 2 N–H and O–H groups in total. The van der Waals surface area contributed by atoms with Crippen molar-refractivity contribution in [1.29, 1.82) is 0 Å². The van der Waals surface area contributed by atoms with Gasteiger partial charge < -0.3 is 24.1 Å². The van der Waals surface area contributed by atoms with Crippen molar-refractivity contribution in [3.8, 4) is 17.4 Å². The third-order valence-electron chi connectivity index (χ3n) is 14.4. The Morgan fingerprint density at radius 1 is 0.910 bits per heavy atom. The first-order chi connectivity index (χ1) is 32.3. The number of hydrogen-bond donors (Lipinski definition) is 2. The van der Waals surface area contributed by atoms with Crippen LogP contribution in [0.15, 0.2) is 89.7 Å². The number of anilines is 1. The molecule has 5 aliphatic rings. The molecule has 4 fully saturated rings. The predicted octanol–water partition coefficient (Wildman–Crippen LogP) is 9.76. The first kappa shape index (κ1) is 46.1. The second-order valence-corrected chi connectivity index (χ2v) is 22.3. The zero-order valence-corrected chi connectivity index (χ0v) is 40.5. The third kappa shape index (κ3) is 10.6. The van der Waals surface area contributed by atoms with E-state index < -0.39 is 15.9 Å². The fraction of sp³-hybridized carbons (Fsp3) is 0.471. The summed E-state index contributed by atoms with van der Waals surface area (Å²) in [7, 11) is -4.41. The average molecular weight is 969 g/mol. The smallest absolute Gasteiger partial charge is 0.268 e. The summed E-state index contributed by atoms with van der Waals surface area (Å²) in [6.07, 6.45) is 14.7. The largest absolute Gasteiger partial charge is 0.476 e. The molecule has 10 rings (SSSR count). The maximum Gasteiger partial charge on any atom is 0.268 e. The summed E-state index contributed by atoms with van der Waals surface area (Å²) < 4.78 is 47.7. The molecular weight excluding hydrogens is 910 g/mol. The molecule has 354 valence electrons. The van der Waals surface area contributed by atoms with Gasteiger partial charge in [-0.15, -0.1) is 0 Å². The number of hydrogen-bond acceptors (Lipinski definition) is 11. The molecule has 0 spiro atoms. The SMILES string of the molecule is CC1(C)CCC(CN2CCN(c3ccc(C(=O)NS(=O)(=O)c4cnc(OCC5CCC(N(C6CC6)C6COC6)CC5)c(Cl)c4)c(Oc4cnc5[nH]ccc5c4)c3)CC2)=C(c2ccc(Cl)cc2)C1. The molecule has 2 saturated heterocycles. The van der Waals surface area contributed by atoms with Gasteiger partial charge in [0.2, 0.25) is 5.88 Å². The number of fused-ring (bicyclic) bond motifs is 1. The lowest BCUT2D eigenvalue weighted by Gasteiger charge is -2.45. The highest BCUT2D eigenvalue weighted by atomic mass is 35.5. The Labute approximate surface area is 403 Å². The van der Waals surface area contributed by atoms with E-state index in [2.05, 4.69) is 60.4 Å². The van der Waals surface area contributed by atoms with Gasteiger partial charge in [0.05, 0.1) is 43.8 Å². The van der Waals surface area contributed by atoms with Gasteiger partial charge in [-0.05, 0) is 123 Å². The summed E-state index contributed by atoms with van der Waals surface area (Å²) in [6, 6.07) is 20.3. The fourth-order valence-corrected chi connectivity index (χ4v) is 11.7. The number of allylic oxidation sites excluding steroid dienone is 1. The quantitative estimate of drug-likeness (QED) is 0.104. The maximum atomic E-state index is 14.0. The number of aromatic nitrogens is 3. The van der Waals surface area contributed by atoms with Crippen LogP contribution in [0.4, 0.5) is 5.69 Å². The molecule has 5 heterocycles. The zero-order chi connectivity index (χ0) is 46.3. The van der Waals surface area contributed by atoms with Crippen LogP contribution in [0.2, 0.25) is 10.0 Å². The lowest BCUT2D eigenvalue weighted by atomic mass is 9.72. The maximum absolute atomic E-state index is 14.0. The van der Waals surface area contributed by atoms with Gasteiger partial charge in [-0.3, -0.25) is 14.6 Å². The van der Waals surface area contributed by atoms with Gasteiger partial charge in [0.15, 0.2) is 0 Å². The number of carbonyl (C=O) groups is 1. The number of piperazine rings is 1. The van der Waals surface area contributed by atoms with Crippen LogP contribution < -0.4 is 19.1 Å². The molecule has 1 amide bonds. The van der Waals surface area contributed by atoms with Crippen molar-refractivity contribution in [2.45, 2.75) is 94.7 Å². The van der Waals surface area contributed by atoms with Crippen molar-refractivity contribution in [1.82, 2.24) is 29.5 Å². The Morgan fingerprint density at radius 3 is 2.36 bits per heavy atom. The summed E-state index contributed by atoms with van der Waals surface area (Å²) in [5, 5.41) is 1.62. The number of sulfonamides is 1. The first-order valence-corrected chi connectivity index (χ1v) is 26.0. The molecule has 0 atom stereocenters. The van der Waals surface area contributed by atoms with Crippen LogP contribution in [0.25, 0.3) is 16.6 Å². The summed E-state index contributed by atoms with van der Waals surface area (Å²) in [4.78, 5) is 33.1. The van der Waals surface area contributed by atoms with E-state index in [4.69, 9.17) is 37.4 Å². The molecule has 2 aromatic carbocycles. The van der Waals surface area contributed by atoms with Gasteiger partial charge in [-0.25, -0.2) is 23.1 Å². The molecule has 2 saturated carbocycles. The van der Waals surface area contributed by atoms with E-state index in [9.17, 15) is 13.2 Å². The Balaban J connectivity index is 0.802. The number of ether oxygens (including phenoxy) is 3. The molecule has 13 nitrogen and oxygen atoms in total. The number of rotatable bonds is 15. The summed E-state index contributed by atoms with van der Waals surface area (Å²) in [6.45, 7) is 11.0. The molecule has 16 heteroatoms. The molecule has 0 bridgehead atoms. The summed E-state index contributed by atoms with van der Waals surface area (Å²) in [5.74, 6) is 0.251. The molecule has 0 radical (unpaired) electrons. The Bertz CT molecular complexity index is 2740. The van der Waals surface area contributed by atoms with Gasteiger partial charge in [-0.2, -0.15) is 0 Å². The van der Waals surface area contributed by atoms with E-state index in [-0.39, 0.29) is 32.5 Å². The number of aromatic amines is 1. The minimum Gasteiger partial charge on any atom is -0.476 e. The van der Waals surface area contributed by atoms with Crippen LogP contribution >= 0.6 is 23.2 Å². The number of benzene rings is 2. The summed E-state index contributed by atoms with van der Waals surface area (Å²) >= 11 is 12.9. The molecule has 3 aliphatic carbocycles. The van der Waals surface area contributed by atoms with Crippen molar-refractivity contribution in [2.75, 3.05) is 57.4 Å². The van der Waals surface area contributed by atoms with E-state index >= 15 is 0 Å². The van der Waals surface area contributed by atoms with Gasteiger partial charge in [0.25, 0.3) is 15.9 Å². The van der Waals surface area contributed by atoms with Crippen molar-refractivity contribution in [3.05, 3.63) is 106 Å². The van der Waals surface area contributed by atoms with Crippen LogP contribution in [0, 0.1) is 11.3 Å². The van der Waals surface area contributed by atoms with Crippen LogP contribution in [-0.4, -0.2) is 110 Å². The van der Waals surface area contributed by atoms with E-state index in [1.54, 1.807) is 24.5 Å². The number of H-pyrrole nitrogens is 1. The minimum absolute atomic E-state index is 0.0389. The third-order valence-corrected chi connectivity index (χ3v) is 16.2. The average Bonchev–Trinajstić information content (AvgIpc) is 4.03. The summed E-state index contributed by atoms with van der Waals surface area (Å²) in [5.41, 5.74) is 6.00. The topological polar surface area (TPSA) is 142 Å². The molecular formula is C51H59Cl2N7O6S. The zero-order valence-electron chi connectivity index (χ0n) is 38.2. The molecule has 67 heavy (non-hydrogen) atoms. The lowest BCUT2D eigenvalue weighted by Crippen LogP contribution is -2.55. The van der Waals surface area contributed by atoms with Crippen molar-refractivity contribution < 1.29 is 27.4 Å². The van der Waals surface area contributed by atoms with Gasteiger partial charge in [0.1, 0.15) is 27.1 Å². The second kappa shape index (κ2) is 19.4. The number of nitrogens with one attached hydrogen (secondary N) is 2. The monoisotopic (exact) mass is 967 g/mol. The number of carbonyl (C=O) groups excluding carboxylic acids is 1. The normalized spacial score (nSPS) is 21.7. The number of halogens is 2. The van der Waals surface area contributed by atoms with E-state index in [0.717, 1.165) is 107 Å². The highest BCUT2D eigenvalue weighted by molar-refractivity contribution is 7.90. The lowest BCUT2D eigenvalue weighted by molar-refractivity contribution is -0.0896. The van der Waals surface area contributed by atoms with Crippen LogP contribution in [0.3, 0.4) is 0 Å². The molecule has 5 aromatic rings. The van der Waals surface area contributed by atoms with Crippen LogP contribution in [0.5, 0.6) is 17.4 Å². The van der Waals surface area contributed by atoms with Crippen LogP contribution in [-0.2, 0) is 14.8 Å². The van der Waals surface area contributed by atoms with Gasteiger partial charge >= 0.3 is 0 Å². The van der Waals surface area contributed by atoms with Crippen molar-refractivity contribution in [3.63, 3.8) is 0 Å². The van der Waals surface area contributed by atoms with E-state index in [0.29, 0.717) is 42.0 Å². The first-order valence-electron chi connectivity index (χ1n) is 23.7.